The zero-order chi connectivity index (χ0) is 10.9. The molecule has 0 aliphatic carbocycles. The van der Waals surface area contributed by atoms with Gasteiger partial charge in [-0.25, -0.2) is 0 Å². The molecule has 1 aromatic rings. The number of alkyl halides is 1. The third kappa shape index (κ3) is 5.31. The Morgan fingerprint density at radius 1 is 1.27 bits per heavy atom. The fraction of sp³-hybridized carbons (Fsp3) is 0.333. The normalized spacial score (nSPS) is 11.3. The molecule has 80 valence electrons. The van der Waals surface area contributed by atoms with E-state index in [1.54, 1.807) is 0 Å². The molecule has 0 unspecified atom stereocenters. The predicted molar refractivity (Wildman–Crippen MR) is 61.1 cm³/mol. The number of rotatable bonds is 4. The lowest BCUT2D eigenvalue weighted by Crippen LogP contribution is -2.06. The molecule has 0 spiro atoms. The number of benzene rings is 1. The van der Waals surface area contributed by atoms with Gasteiger partial charge in [0.1, 0.15) is 12.4 Å². The second-order valence-corrected chi connectivity index (χ2v) is 3.28. The van der Waals surface area contributed by atoms with E-state index in [4.69, 9.17) is 21.4 Å². The first-order chi connectivity index (χ1) is 7.33. The van der Waals surface area contributed by atoms with Crippen molar-refractivity contribution in [2.24, 2.45) is 0 Å². The molecule has 1 aromatic carbocycles. The summed E-state index contributed by atoms with van der Waals surface area (Å²) in [6.45, 7) is 0.332. The Balaban J connectivity index is 2.21. The third-order valence-corrected chi connectivity index (χ3v) is 2.05. The fourth-order valence-electron chi connectivity index (χ4n) is 0.932. The van der Waals surface area contributed by atoms with E-state index in [1.807, 2.05) is 30.3 Å². The van der Waals surface area contributed by atoms with Crippen LogP contribution in [0.2, 0.25) is 0 Å². The first-order valence-electron chi connectivity index (χ1n) is 4.70. The summed E-state index contributed by atoms with van der Waals surface area (Å²) in [6.07, 6.45) is -0.155. The number of hydrogen-bond acceptors (Lipinski definition) is 2. The molecule has 3 heteroatoms. The van der Waals surface area contributed by atoms with Crippen LogP contribution in [0.5, 0.6) is 5.75 Å². The number of ether oxygens (including phenoxy) is 1. The van der Waals surface area contributed by atoms with Crippen molar-refractivity contribution in [3.05, 3.63) is 30.3 Å². The summed E-state index contributed by atoms with van der Waals surface area (Å²) in [5, 5.41) is 9.10. The van der Waals surface area contributed by atoms with Gasteiger partial charge in [0.05, 0.1) is 6.10 Å². The summed E-state index contributed by atoms with van der Waals surface area (Å²) < 4.78 is 5.33. The van der Waals surface area contributed by atoms with E-state index in [0.717, 1.165) is 5.75 Å². The third-order valence-electron chi connectivity index (χ3n) is 1.70. The van der Waals surface area contributed by atoms with Crippen LogP contribution in [0.3, 0.4) is 0 Å². The molecular formula is C12H13ClO2. The lowest BCUT2D eigenvalue weighted by molar-refractivity contribution is 0.204. The van der Waals surface area contributed by atoms with E-state index in [-0.39, 0.29) is 5.88 Å². The number of hydrogen-bond donors (Lipinski definition) is 1. The molecule has 1 rings (SSSR count). The first-order valence-corrected chi connectivity index (χ1v) is 5.24. The SMILES string of the molecule is O[C@H](CCl)CC#CCOc1ccccc1. The Morgan fingerprint density at radius 2 is 2.00 bits per heavy atom. The zero-order valence-corrected chi connectivity index (χ0v) is 9.07. The van der Waals surface area contributed by atoms with Gasteiger partial charge in [0.15, 0.2) is 0 Å². The topological polar surface area (TPSA) is 29.5 Å². The summed E-state index contributed by atoms with van der Waals surface area (Å²) in [4.78, 5) is 0. The first kappa shape index (κ1) is 11.9. The van der Waals surface area contributed by atoms with Crippen LogP contribution in [0, 0.1) is 11.8 Å². The molecular weight excluding hydrogens is 212 g/mol. The highest BCUT2D eigenvalue weighted by Crippen LogP contribution is 2.07. The maximum absolute atomic E-state index is 9.10. The summed E-state index contributed by atoms with van der Waals surface area (Å²) in [5.74, 6) is 6.62. The van der Waals surface area contributed by atoms with Crippen LogP contribution in [-0.4, -0.2) is 23.7 Å². The molecule has 0 aromatic heterocycles. The molecule has 0 saturated heterocycles. The molecule has 1 atom stereocenters. The highest BCUT2D eigenvalue weighted by Gasteiger charge is 1.96. The summed E-state index contributed by atoms with van der Waals surface area (Å²) in [6, 6.07) is 9.47. The standard InChI is InChI=1S/C12H13ClO2/c13-10-11(14)6-4-5-9-15-12-7-2-1-3-8-12/h1-3,7-8,11,14H,6,9-10H2/t11-/m0/s1. The van der Waals surface area contributed by atoms with Gasteiger partial charge in [-0.15, -0.1) is 11.6 Å². The van der Waals surface area contributed by atoms with Crippen LogP contribution in [-0.2, 0) is 0 Å². The predicted octanol–water partition coefficient (Wildman–Crippen LogP) is 2.06. The van der Waals surface area contributed by atoms with Gasteiger partial charge in [-0.2, -0.15) is 0 Å². The van der Waals surface area contributed by atoms with Gasteiger partial charge in [-0.1, -0.05) is 30.0 Å². The molecule has 0 heterocycles. The summed E-state index contributed by atoms with van der Waals surface area (Å²) in [7, 11) is 0. The molecule has 0 aliphatic heterocycles. The molecule has 15 heavy (non-hydrogen) atoms. The van der Waals surface area contributed by atoms with Crippen LogP contribution >= 0.6 is 11.6 Å². The van der Waals surface area contributed by atoms with E-state index >= 15 is 0 Å². The fourth-order valence-corrected chi connectivity index (χ4v) is 1.04. The molecule has 0 amide bonds. The number of para-hydroxylation sites is 1. The second kappa shape index (κ2) is 7.17. The Labute approximate surface area is 94.8 Å². The highest BCUT2D eigenvalue weighted by atomic mass is 35.5. The highest BCUT2D eigenvalue weighted by molar-refractivity contribution is 6.18. The number of halogens is 1. The van der Waals surface area contributed by atoms with Crippen LogP contribution in [0.1, 0.15) is 6.42 Å². The van der Waals surface area contributed by atoms with E-state index in [9.17, 15) is 0 Å². The lowest BCUT2D eigenvalue weighted by atomic mass is 10.3. The second-order valence-electron chi connectivity index (χ2n) is 2.97. The van der Waals surface area contributed by atoms with Crippen molar-refractivity contribution in [1.82, 2.24) is 0 Å². The minimum atomic E-state index is -0.545. The molecule has 1 N–H and O–H groups in total. The number of aliphatic hydroxyl groups is 1. The van der Waals surface area contributed by atoms with Crippen molar-refractivity contribution < 1.29 is 9.84 Å². The molecule has 0 aliphatic rings. The Hall–Kier alpha value is -1.17. The van der Waals surface area contributed by atoms with Crippen molar-refractivity contribution in [3.8, 4) is 17.6 Å². The Kier molecular flexibility index (Phi) is 5.69. The average Bonchev–Trinajstić information content (AvgIpc) is 2.29. The lowest BCUT2D eigenvalue weighted by Gasteiger charge is -2.00. The Morgan fingerprint density at radius 3 is 2.67 bits per heavy atom. The maximum Gasteiger partial charge on any atom is 0.149 e. The van der Waals surface area contributed by atoms with E-state index < -0.39 is 6.10 Å². The summed E-state index contributed by atoms with van der Waals surface area (Å²) >= 11 is 5.41. The molecule has 2 nitrogen and oxygen atoms in total. The van der Waals surface area contributed by atoms with Gasteiger partial charge >= 0.3 is 0 Å². The van der Waals surface area contributed by atoms with Gasteiger partial charge in [0, 0.05) is 12.3 Å². The van der Waals surface area contributed by atoms with Gasteiger partial charge < -0.3 is 9.84 Å². The maximum atomic E-state index is 9.10. The smallest absolute Gasteiger partial charge is 0.149 e. The van der Waals surface area contributed by atoms with Crippen LogP contribution in [0.15, 0.2) is 30.3 Å². The van der Waals surface area contributed by atoms with Gasteiger partial charge in [-0.05, 0) is 12.1 Å². The quantitative estimate of drug-likeness (QED) is 0.627. The van der Waals surface area contributed by atoms with Crippen LogP contribution in [0.4, 0.5) is 0 Å². The van der Waals surface area contributed by atoms with Crippen molar-refractivity contribution in [2.75, 3.05) is 12.5 Å². The van der Waals surface area contributed by atoms with E-state index in [2.05, 4.69) is 11.8 Å². The van der Waals surface area contributed by atoms with Crippen molar-refractivity contribution in [3.63, 3.8) is 0 Å². The average molecular weight is 225 g/mol. The largest absolute Gasteiger partial charge is 0.481 e. The number of aliphatic hydroxyl groups excluding tert-OH is 1. The monoisotopic (exact) mass is 224 g/mol. The van der Waals surface area contributed by atoms with E-state index in [0.29, 0.717) is 13.0 Å². The van der Waals surface area contributed by atoms with Gasteiger partial charge in [0.2, 0.25) is 0 Å². The minimum Gasteiger partial charge on any atom is -0.481 e. The zero-order valence-electron chi connectivity index (χ0n) is 8.32. The van der Waals surface area contributed by atoms with Crippen molar-refractivity contribution >= 4 is 11.6 Å². The van der Waals surface area contributed by atoms with Gasteiger partial charge in [0.25, 0.3) is 0 Å². The molecule has 0 fully saturated rings. The molecule has 0 bridgehead atoms. The molecule has 0 radical (unpaired) electrons. The van der Waals surface area contributed by atoms with Crippen molar-refractivity contribution in [2.45, 2.75) is 12.5 Å². The molecule has 0 saturated carbocycles. The van der Waals surface area contributed by atoms with E-state index in [1.165, 1.54) is 0 Å². The van der Waals surface area contributed by atoms with Crippen molar-refractivity contribution in [1.29, 1.82) is 0 Å². The van der Waals surface area contributed by atoms with Crippen LogP contribution in [0.25, 0.3) is 0 Å². The van der Waals surface area contributed by atoms with Gasteiger partial charge in [-0.3, -0.25) is 0 Å². The summed E-state index contributed by atoms with van der Waals surface area (Å²) in [5.41, 5.74) is 0. The minimum absolute atomic E-state index is 0.216. The Bertz CT molecular complexity index is 326. The van der Waals surface area contributed by atoms with Crippen LogP contribution < -0.4 is 4.74 Å².